The van der Waals surface area contributed by atoms with Crippen molar-refractivity contribution in [3.8, 4) is 0 Å². The van der Waals surface area contributed by atoms with Crippen LogP contribution < -0.4 is 10.2 Å². The maximum absolute atomic E-state index is 11.2. The number of hydrogen-bond acceptors (Lipinski definition) is 4. The van der Waals surface area contributed by atoms with Crippen LogP contribution in [0.3, 0.4) is 0 Å². The Labute approximate surface area is 104 Å². The third-order valence-corrected chi connectivity index (χ3v) is 3.18. The van der Waals surface area contributed by atoms with Crippen molar-refractivity contribution in [2.24, 2.45) is 0 Å². The van der Waals surface area contributed by atoms with Gasteiger partial charge >= 0.3 is 5.97 Å². The van der Waals surface area contributed by atoms with Crippen LogP contribution in [0.2, 0.25) is 0 Å². The Morgan fingerprint density at radius 1 is 1.44 bits per heavy atom. The van der Waals surface area contributed by atoms with Gasteiger partial charge in [0.15, 0.2) is 0 Å². The van der Waals surface area contributed by atoms with Gasteiger partial charge in [-0.15, -0.1) is 0 Å². The molecule has 1 aromatic heterocycles. The summed E-state index contributed by atoms with van der Waals surface area (Å²) in [5.41, 5.74) is 1.78. The van der Waals surface area contributed by atoms with E-state index in [1.165, 1.54) is 0 Å². The molecule has 3 N–H and O–H groups in total. The minimum absolute atomic E-state index is 0.437. The maximum Gasteiger partial charge on any atom is 0.327 e. The molecule has 1 fully saturated rings. The molecule has 1 saturated heterocycles. The van der Waals surface area contributed by atoms with Crippen LogP contribution >= 0.6 is 0 Å². The van der Waals surface area contributed by atoms with Gasteiger partial charge in [0.25, 0.3) is 0 Å². The lowest BCUT2D eigenvalue weighted by Crippen LogP contribution is -2.55. The molecule has 1 atom stereocenters. The standard InChI is InChI=1S/C12H14N4O2/c17-11(18)10-7-13-5-6-16(10)12-14-8-3-1-2-4-9(8)15-12/h1-4,10,13H,5-7H2,(H,14,15)(H,17,18). The minimum atomic E-state index is -0.831. The topological polar surface area (TPSA) is 81.2 Å². The predicted molar refractivity (Wildman–Crippen MR) is 67.7 cm³/mol. The van der Waals surface area contributed by atoms with Gasteiger partial charge in [0.1, 0.15) is 6.04 Å². The Morgan fingerprint density at radius 2 is 2.28 bits per heavy atom. The molecular weight excluding hydrogens is 232 g/mol. The van der Waals surface area contributed by atoms with E-state index in [-0.39, 0.29) is 0 Å². The van der Waals surface area contributed by atoms with E-state index in [0.717, 1.165) is 17.6 Å². The molecule has 1 aliphatic heterocycles. The fourth-order valence-electron chi connectivity index (χ4n) is 2.25. The largest absolute Gasteiger partial charge is 0.480 e. The molecule has 1 aliphatic rings. The highest BCUT2D eigenvalue weighted by Crippen LogP contribution is 2.19. The molecule has 1 aromatic carbocycles. The summed E-state index contributed by atoms with van der Waals surface area (Å²) in [7, 11) is 0. The molecule has 2 heterocycles. The van der Waals surface area contributed by atoms with Gasteiger partial charge < -0.3 is 20.3 Å². The molecular formula is C12H14N4O2. The van der Waals surface area contributed by atoms with Crippen molar-refractivity contribution >= 4 is 23.0 Å². The predicted octanol–water partition coefficient (Wildman–Crippen LogP) is 0.426. The van der Waals surface area contributed by atoms with Gasteiger partial charge in [-0.2, -0.15) is 0 Å². The van der Waals surface area contributed by atoms with Gasteiger partial charge in [-0.1, -0.05) is 12.1 Å². The summed E-state index contributed by atoms with van der Waals surface area (Å²) in [4.78, 5) is 20.7. The number of piperazine rings is 1. The second-order valence-corrected chi connectivity index (χ2v) is 4.33. The average molecular weight is 246 g/mol. The molecule has 3 rings (SSSR count). The summed E-state index contributed by atoms with van der Waals surface area (Å²) in [6.07, 6.45) is 0. The number of nitrogens with one attached hydrogen (secondary N) is 2. The number of imidazole rings is 1. The van der Waals surface area contributed by atoms with Crippen molar-refractivity contribution < 1.29 is 9.90 Å². The summed E-state index contributed by atoms with van der Waals surface area (Å²) in [5.74, 6) is -0.201. The number of carbonyl (C=O) groups is 1. The van der Waals surface area contributed by atoms with E-state index < -0.39 is 12.0 Å². The lowest BCUT2D eigenvalue weighted by molar-refractivity contribution is -0.138. The van der Waals surface area contributed by atoms with Crippen LogP contribution in [0.4, 0.5) is 5.95 Å². The summed E-state index contributed by atoms with van der Waals surface area (Å²) in [6, 6.07) is 7.12. The van der Waals surface area contributed by atoms with E-state index in [0.29, 0.717) is 19.0 Å². The molecule has 6 nitrogen and oxygen atoms in total. The van der Waals surface area contributed by atoms with Gasteiger partial charge in [-0.3, -0.25) is 0 Å². The fourth-order valence-corrected chi connectivity index (χ4v) is 2.25. The summed E-state index contributed by atoms with van der Waals surface area (Å²) in [5, 5.41) is 12.3. The first-order valence-corrected chi connectivity index (χ1v) is 5.90. The minimum Gasteiger partial charge on any atom is -0.480 e. The second-order valence-electron chi connectivity index (χ2n) is 4.33. The highest BCUT2D eigenvalue weighted by atomic mass is 16.4. The Morgan fingerprint density at radius 3 is 3.06 bits per heavy atom. The molecule has 94 valence electrons. The number of para-hydroxylation sites is 2. The number of aromatic nitrogens is 2. The van der Waals surface area contributed by atoms with E-state index >= 15 is 0 Å². The quantitative estimate of drug-likeness (QED) is 0.715. The zero-order chi connectivity index (χ0) is 12.5. The Bertz CT molecular complexity index is 547. The van der Waals surface area contributed by atoms with Crippen molar-refractivity contribution in [3.63, 3.8) is 0 Å². The Balaban J connectivity index is 1.98. The van der Waals surface area contributed by atoms with Crippen molar-refractivity contribution in [2.45, 2.75) is 6.04 Å². The highest BCUT2D eigenvalue weighted by Gasteiger charge is 2.30. The van der Waals surface area contributed by atoms with Crippen LogP contribution in [0.5, 0.6) is 0 Å². The van der Waals surface area contributed by atoms with Crippen molar-refractivity contribution in [1.29, 1.82) is 0 Å². The van der Waals surface area contributed by atoms with E-state index in [1.54, 1.807) is 4.90 Å². The molecule has 0 bridgehead atoms. The average Bonchev–Trinajstić information content (AvgIpc) is 2.82. The first kappa shape index (κ1) is 11.0. The van der Waals surface area contributed by atoms with Crippen LogP contribution in [-0.4, -0.2) is 46.7 Å². The zero-order valence-electron chi connectivity index (χ0n) is 9.76. The number of rotatable bonds is 2. The molecule has 0 aliphatic carbocycles. The second kappa shape index (κ2) is 4.30. The van der Waals surface area contributed by atoms with E-state index in [1.807, 2.05) is 24.3 Å². The van der Waals surface area contributed by atoms with E-state index in [9.17, 15) is 9.90 Å². The third-order valence-electron chi connectivity index (χ3n) is 3.18. The lowest BCUT2D eigenvalue weighted by atomic mass is 10.2. The number of nitrogens with zero attached hydrogens (tertiary/aromatic N) is 2. The molecule has 0 amide bonds. The first-order chi connectivity index (χ1) is 8.75. The van der Waals surface area contributed by atoms with Crippen LogP contribution in [-0.2, 0) is 4.79 Å². The lowest BCUT2D eigenvalue weighted by Gasteiger charge is -2.33. The maximum atomic E-state index is 11.2. The van der Waals surface area contributed by atoms with Crippen molar-refractivity contribution in [2.75, 3.05) is 24.5 Å². The van der Waals surface area contributed by atoms with Crippen LogP contribution in [0.25, 0.3) is 11.0 Å². The van der Waals surface area contributed by atoms with E-state index in [2.05, 4.69) is 15.3 Å². The molecule has 1 unspecified atom stereocenters. The van der Waals surface area contributed by atoms with Crippen LogP contribution in [0, 0.1) is 0 Å². The summed E-state index contributed by atoms with van der Waals surface area (Å²) >= 11 is 0. The fraction of sp³-hybridized carbons (Fsp3) is 0.333. The monoisotopic (exact) mass is 246 g/mol. The number of benzene rings is 1. The number of fused-ring (bicyclic) bond motifs is 1. The van der Waals surface area contributed by atoms with Crippen molar-refractivity contribution in [1.82, 2.24) is 15.3 Å². The zero-order valence-corrected chi connectivity index (χ0v) is 9.76. The van der Waals surface area contributed by atoms with Gasteiger partial charge in [0.05, 0.1) is 11.0 Å². The number of carboxylic acid groups (broad SMARTS) is 1. The highest BCUT2D eigenvalue weighted by molar-refractivity contribution is 5.81. The number of aliphatic carboxylic acids is 1. The number of aromatic amines is 1. The number of anilines is 1. The molecule has 0 spiro atoms. The number of carboxylic acids is 1. The number of H-pyrrole nitrogens is 1. The number of hydrogen-bond donors (Lipinski definition) is 3. The third kappa shape index (κ3) is 1.80. The van der Waals surface area contributed by atoms with Crippen LogP contribution in [0.15, 0.2) is 24.3 Å². The normalized spacial score (nSPS) is 20.2. The van der Waals surface area contributed by atoms with Gasteiger partial charge in [-0.25, -0.2) is 9.78 Å². The SMILES string of the molecule is O=C(O)C1CNCCN1c1nc2ccccc2[nH]1. The van der Waals surface area contributed by atoms with Gasteiger partial charge in [-0.05, 0) is 12.1 Å². The molecule has 18 heavy (non-hydrogen) atoms. The molecule has 2 aromatic rings. The first-order valence-electron chi connectivity index (χ1n) is 5.90. The summed E-state index contributed by atoms with van der Waals surface area (Å²) < 4.78 is 0. The molecule has 6 heteroatoms. The van der Waals surface area contributed by atoms with Gasteiger partial charge in [0.2, 0.25) is 5.95 Å². The van der Waals surface area contributed by atoms with Crippen LogP contribution in [0.1, 0.15) is 0 Å². The Hall–Kier alpha value is -2.08. The Kier molecular flexibility index (Phi) is 2.64. The molecule has 0 radical (unpaired) electrons. The summed E-state index contributed by atoms with van der Waals surface area (Å²) in [6.45, 7) is 1.84. The molecule has 0 saturated carbocycles. The van der Waals surface area contributed by atoms with Crippen molar-refractivity contribution in [3.05, 3.63) is 24.3 Å². The smallest absolute Gasteiger partial charge is 0.327 e. The van der Waals surface area contributed by atoms with Gasteiger partial charge in [0, 0.05) is 19.6 Å². The van der Waals surface area contributed by atoms with E-state index in [4.69, 9.17) is 0 Å².